The Bertz CT molecular complexity index is 496. The highest BCUT2D eigenvalue weighted by molar-refractivity contribution is 6.17. The number of alkyl halides is 1. The van der Waals surface area contributed by atoms with Crippen LogP contribution in [0.2, 0.25) is 0 Å². The van der Waals surface area contributed by atoms with Gasteiger partial charge in [-0.2, -0.15) is 0 Å². The molecule has 2 rings (SSSR count). The van der Waals surface area contributed by atoms with Crippen molar-refractivity contribution in [2.45, 2.75) is 13.0 Å². The second-order valence-corrected chi connectivity index (χ2v) is 4.50. The predicted molar refractivity (Wildman–Crippen MR) is 74.6 cm³/mol. The van der Waals surface area contributed by atoms with E-state index in [9.17, 15) is 4.39 Å². The molecule has 0 saturated carbocycles. The minimum Gasteiger partial charge on any atom is -0.381 e. The van der Waals surface area contributed by atoms with Gasteiger partial charge in [0.05, 0.1) is 0 Å². The van der Waals surface area contributed by atoms with Crippen LogP contribution in [0.3, 0.4) is 0 Å². The molecule has 0 saturated heterocycles. The molecule has 0 unspecified atom stereocenters. The highest BCUT2D eigenvalue weighted by Crippen LogP contribution is 2.12. The summed E-state index contributed by atoms with van der Waals surface area (Å²) in [6.07, 6.45) is 0.881. The van der Waals surface area contributed by atoms with Crippen molar-refractivity contribution in [1.29, 1.82) is 0 Å². The lowest BCUT2D eigenvalue weighted by molar-refractivity contribution is 0.626. The van der Waals surface area contributed by atoms with Gasteiger partial charge in [-0.15, -0.1) is 11.6 Å². The Morgan fingerprint density at radius 3 is 2.44 bits per heavy atom. The normalized spacial score (nSPS) is 10.3. The number of hydrogen-bond acceptors (Lipinski definition) is 1. The summed E-state index contributed by atoms with van der Waals surface area (Å²) in [6.45, 7) is 0.618. The topological polar surface area (TPSA) is 12.0 Å². The number of hydrogen-bond donors (Lipinski definition) is 1. The summed E-state index contributed by atoms with van der Waals surface area (Å²) in [5, 5.41) is 3.26. The SMILES string of the molecule is Fc1cccc(CNc2ccc(CCCl)cc2)c1. The van der Waals surface area contributed by atoms with Crippen LogP contribution in [0, 0.1) is 5.82 Å². The Labute approximate surface area is 112 Å². The zero-order chi connectivity index (χ0) is 12.8. The molecule has 2 aromatic carbocycles. The Morgan fingerprint density at radius 2 is 1.78 bits per heavy atom. The molecule has 0 spiro atoms. The Balaban J connectivity index is 1.93. The van der Waals surface area contributed by atoms with E-state index in [0.717, 1.165) is 17.7 Å². The van der Waals surface area contributed by atoms with Crippen molar-refractivity contribution in [3.8, 4) is 0 Å². The first-order valence-electron chi connectivity index (χ1n) is 5.91. The molecule has 0 aliphatic carbocycles. The molecule has 3 heteroatoms. The Kier molecular flexibility index (Phi) is 4.59. The van der Waals surface area contributed by atoms with Crippen molar-refractivity contribution >= 4 is 17.3 Å². The zero-order valence-corrected chi connectivity index (χ0v) is 10.8. The van der Waals surface area contributed by atoms with Gasteiger partial charge in [0.25, 0.3) is 0 Å². The minimum atomic E-state index is -0.202. The van der Waals surface area contributed by atoms with Crippen LogP contribution in [0.25, 0.3) is 0 Å². The third-order valence-electron chi connectivity index (χ3n) is 2.72. The summed E-state index contributed by atoms with van der Waals surface area (Å²) in [7, 11) is 0. The molecular formula is C15H15ClFN. The fourth-order valence-corrected chi connectivity index (χ4v) is 1.97. The van der Waals surface area contributed by atoms with Crippen molar-refractivity contribution in [1.82, 2.24) is 0 Å². The van der Waals surface area contributed by atoms with E-state index >= 15 is 0 Å². The maximum absolute atomic E-state index is 13.0. The summed E-state index contributed by atoms with van der Waals surface area (Å²) in [6, 6.07) is 14.7. The fraction of sp³-hybridized carbons (Fsp3) is 0.200. The molecule has 0 heterocycles. The molecule has 0 amide bonds. The van der Waals surface area contributed by atoms with E-state index in [-0.39, 0.29) is 5.82 Å². The van der Waals surface area contributed by atoms with Gasteiger partial charge in [-0.05, 0) is 41.8 Å². The smallest absolute Gasteiger partial charge is 0.123 e. The molecule has 0 aromatic heterocycles. The van der Waals surface area contributed by atoms with Crippen LogP contribution in [0.1, 0.15) is 11.1 Å². The van der Waals surface area contributed by atoms with Crippen LogP contribution in [-0.2, 0) is 13.0 Å². The van der Waals surface area contributed by atoms with Crippen molar-refractivity contribution in [3.63, 3.8) is 0 Å². The molecule has 0 fully saturated rings. The van der Waals surface area contributed by atoms with E-state index in [4.69, 9.17) is 11.6 Å². The molecule has 1 N–H and O–H groups in total. The highest BCUT2D eigenvalue weighted by atomic mass is 35.5. The van der Waals surface area contributed by atoms with Gasteiger partial charge in [0.15, 0.2) is 0 Å². The lowest BCUT2D eigenvalue weighted by Gasteiger charge is -2.07. The van der Waals surface area contributed by atoms with E-state index in [1.807, 2.05) is 18.2 Å². The second kappa shape index (κ2) is 6.41. The predicted octanol–water partition coefficient (Wildman–Crippen LogP) is 4.22. The molecule has 0 aliphatic heterocycles. The van der Waals surface area contributed by atoms with Crippen molar-refractivity contribution in [3.05, 3.63) is 65.5 Å². The highest BCUT2D eigenvalue weighted by Gasteiger charge is 1.97. The van der Waals surface area contributed by atoms with E-state index in [1.54, 1.807) is 6.07 Å². The number of aryl methyl sites for hydroxylation is 1. The monoisotopic (exact) mass is 263 g/mol. The number of halogens is 2. The third kappa shape index (κ3) is 3.74. The van der Waals surface area contributed by atoms with E-state index < -0.39 is 0 Å². The molecule has 94 valence electrons. The van der Waals surface area contributed by atoms with E-state index in [0.29, 0.717) is 12.4 Å². The van der Waals surface area contributed by atoms with Crippen molar-refractivity contribution in [2.75, 3.05) is 11.2 Å². The lowest BCUT2D eigenvalue weighted by atomic mass is 10.1. The minimum absolute atomic E-state index is 0.202. The summed E-state index contributed by atoms with van der Waals surface area (Å²) < 4.78 is 13.0. The molecule has 0 radical (unpaired) electrons. The van der Waals surface area contributed by atoms with E-state index in [2.05, 4.69) is 17.4 Å². The first-order valence-corrected chi connectivity index (χ1v) is 6.44. The first kappa shape index (κ1) is 12.9. The van der Waals surface area contributed by atoms with Gasteiger partial charge in [0, 0.05) is 18.1 Å². The summed E-state index contributed by atoms with van der Waals surface area (Å²) in [5.74, 6) is 0.433. The van der Waals surface area contributed by atoms with E-state index in [1.165, 1.54) is 17.7 Å². The molecule has 2 aromatic rings. The molecule has 18 heavy (non-hydrogen) atoms. The summed E-state index contributed by atoms with van der Waals surface area (Å²) in [4.78, 5) is 0. The molecular weight excluding hydrogens is 249 g/mol. The van der Waals surface area contributed by atoms with Crippen molar-refractivity contribution < 1.29 is 4.39 Å². The summed E-state index contributed by atoms with van der Waals surface area (Å²) >= 11 is 5.68. The van der Waals surface area contributed by atoms with Gasteiger partial charge in [0.2, 0.25) is 0 Å². The van der Waals surface area contributed by atoms with Crippen LogP contribution in [0.15, 0.2) is 48.5 Å². The number of anilines is 1. The quantitative estimate of drug-likeness (QED) is 0.797. The number of nitrogens with one attached hydrogen (secondary N) is 1. The third-order valence-corrected chi connectivity index (χ3v) is 2.91. The largest absolute Gasteiger partial charge is 0.381 e. The molecule has 1 nitrogen and oxygen atoms in total. The maximum atomic E-state index is 13.0. The Morgan fingerprint density at radius 1 is 1.00 bits per heavy atom. The zero-order valence-electron chi connectivity index (χ0n) is 10.00. The van der Waals surface area contributed by atoms with Crippen LogP contribution in [0.4, 0.5) is 10.1 Å². The second-order valence-electron chi connectivity index (χ2n) is 4.12. The lowest BCUT2D eigenvalue weighted by Crippen LogP contribution is -1.99. The fourth-order valence-electron chi connectivity index (χ4n) is 1.75. The molecule has 0 aliphatic rings. The van der Waals surface area contributed by atoms with Crippen LogP contribution in [0.5, 0.6) is 0 Å². The van der Waals surface area contributed by atoms with Crippen LogP contribution in [-0.4, -0.2) is 5.88 Å². The van der Waals surface area contributed by atoms with Crippen molar-refractivity contribution in [2.24, 2.45) is 0 Å². The maximum Gasteiger partial charge on any atom is 0.123 e. The molecule has 0 atom stereocenters. The standard InChI is InChI=1S/C15H15ClFN/c16-9-8-12-4-6-15(7-5-12)18-11-13-2-1-3-14(17)10-13/h1-7,10,18H,8-9,11H2. The van der Waals surface area contributed by atoms with Crippen LogP contribution >= 0.6 is 11.6 Å². The number of rotatable bonds is 5. The van der Waals surface area contributed by atoms with Gasteiger partial charge in [-0.1, -0.05) is 24.3 Å². The first-order chi connectivity index (χ1) is 8.78. The van der Waals surface area contributed by atoms with Gasteiger partial charge in [0.1, 0.15) is 5.82 Å². The van der Waals surface area contributed by atoms with Gasteiger partial charge in [-0.25, -0.2) is 4.39 Å². The average Bonchev–Trinajstić information content (AvgIpc) is 2.38. The van der Waals surface area contributed by atoms with Crippen LogP contribution < -0.4 is 5.32 Å². The number of benzene rings is 2. The van der Waals surface area contributed by atoms with Gasteiger partial charge < -0.3 is 5.32 Å². The van der Waals surface area contributed by atoms with Gasteiger partial charge >= 0.3 is 0 Å². The van der Waals surface area contributed by atoms with Gasteiger partial charge in [-0.3, -0.25) is 0 Å². The molecule has 0 bridgehead atoms. The summed E-state index contributed by atoms with van der Waals surface area (Å²) in [5.41, 5.74) is 3.18. The Hall–Kier alpha value is -1.54. The average molecular weight is 264 g/mol.